The third-order valence-electron chi connectivity index (χ3n) is 4.12. The number of rotatable bonds is 4. The first-order valence-corrected chi connectivity index (χ1v) is 8.15. The predicted molar refractivity (Wildman–Crippen MR) is 97.1 cm³/mol. The smallest absolute Gasteiger partial charge is 0.250 e. The van der Waals surface area contributed by atoms with E-state index in [9.17, 15) is 4.79 Å². The number of ether oxygens (including phenoxy) is 1. The van der Waals surface area contributed by atoms with Crippen LogP contribution < -0.4 is 5.32 Å². The second kappa shape index (κ2) is 6.97. The molecule has 4 heteroatoms. The molecule has 24 heavy (non-hydrogen) atoms. The molecule has 0 bridgehead atoms. The molecule has 1 aliphatic rings. The summed E-state index contributed by atoms with van der Waals surface area (Å²) in [5, 5.41) is 2.87. The standard InChI is InChI=1S/C20H22N2O2/c1-13-6-4-8-16(10-13)22-19(23)12-24-18-11-15(3)21-20-14(2)7-5-9-17(18)20/h4-10,18H,11-12H2,1-3H3,(H,22,23)/t18-/m0/s1. The Labute approximate surface area is 142 Å². The van der Waals surface area contributed by atoms with Crippen LogP contribution in [0.25, 0.3) is 0 Å². The lowest BCUT2D eigenvalue weighted by atomic mass is 9.96. The molecule has 0 saturated carbocycles. The van der Waals surface area contributed by atoms with Crippen LogP contribution in [-0.4, -0.2) is 18.2 Å². The number of carbonyl (C=O) groups excluding carboxylic acids is 1. The second-order valence-corrected chi connectivity index (χ2v) is 6.28. The van der Waals surface area contributed by atoms with Gasteiger partial charge in [0.25, 0.3) is 0 Å². The minimum atomic E-state index is -0.144. The van der Waals surface area contributed by atoms with E-state index < -0.39 is 0 Å². The zero-order valence-corrected chi connectivity index (χ0v) is 14.3. The summed E-state index contributed by atoms with van der Waals surface area (Å²) < 4.78 is 5.91. The van der Waals surface area contributed by atoms with E-state index >= 15 is 0 Å². The van der Waals surface area contributed by atoms with Crippen LogP contribution in [0.2, 0.25) is 0 Å². The molecule has 2 aromatic carbocycles. The number of benzene rings is 2. The second-order valence-electron chi connectivity index (χ2n) is 6.28. The average Bonchev–Trinajstić information content (AvgIpc) is 2.53. The fourth-order valence-electron chi connectivity index (χ4n) is 2.95. The van der Waals surface area contributed by atoms with Crippen molar-refractivity contribution in [3.63, 3.8) is 0 Å². The van der Waals surface area contributed by atoms with Crippen molar-refractivity contribution in [3.8, 4) is 0 Å². The molecule has 0 spiro atoms. The quantitative estimate of drug-likeness (QED) is 0.901. The van der Waals surface area contributed by atoms with Gasteiger partial charge in [0.15, 0.2) is 0 Å². The van der Waals surface area contributed by atoms with Crippen molar-refractivity contribution >= 4 is 23.0 Å². The van der Waals surface area contributed by atoms with Gasteiger partial charge in [0, 0.05) is 23.4 Å². The lowest BCUT2D eigenvalue weighted by molar-refractivity contribution is -0.122. The van der Waals surface area contributed by atoms with E-state index in [1.807, 2.05) is 63.2 Å². The third kappa shape index (κ3) is 3.71. The number of carbonyl (C=O) groups is 1. The van der Waals surface area contributed by atoms with E-state index in [-0.39, 0.29) is 18.6 Å². The van der Waals surface area contributed by atoms with Crippen LogP contribution in [-0.2, 0) is 9.53 Å². The molecule has 2 aromatic rings. The van der Waals surface area contributed by atoms with Crippen LogP contribution in [0, 0.1) is 13.8 Å². The van der Waals surface area contributed by atoms with Crippen molar-refractivity contribution in [3.05, 3.63) is 59.2 Å². The summed E-state index contributed by atoms with van der Waals surface area (Å²) in [4.78, 5) is 16.8. The SMILES string of the molecule is CC1=Nc2c(C)cccc2[C@@H](OCC(=O)Nc2cccc(C)c2)C1. The molecule has 0 saturated heterocycles. The van der Waals surface area contributed by atoms with Crippen molar-refractivity contribution in [1.29, 1.82) is 0 Å². The molecule has 1 aliphatic heterocycles. The number of nitrogens with one attached hydrogen (secondary N) is 1. The number of para-hydroxylation sites is 1. The Morgan fingerprint density at radius 3 is 2.79 bits per heavy atom. The number of hydrogen-bond donors (Lipinski definition) is 1. The molecule has 3 rings (SSSR count). The van der Waals surface area contributed by atoms with Crippen molar-refractivity contribution in [2.24, 2.45) is 4.99 Å². The maximum atomic E-state index is 12.2. The van der Waals surface area contributed by atoms with Crippen LogP contribution >= 0.6 is 0 Å². The first kappa shape index (κ1) is 16.4. The van der Waals surface area contributed by atoms with Gasteiger partial charge in [0.2, 0.25) is 5.91 Å². The molecule has 1 N–H and O–H groups in total. The molecule has 1 atom stereocenters. The maximum absolute atomic E-state index is 12.2. The summed E-state index contributed by atoms with van der Waals surface area (Å²) in [5.74, 6) is -0.144. The molecular weight excluding hydrogens is 300 g/mol. The van der Waals surface area contributed by atoms with Crippen molar-refractivity contribution in [2.75, 3.05) is 11.9 Å². The number of aliphatic imine (C=N–C) groups is 1. The fraction of sp³-hybridized carbons (Fsp3) is 0.300. The molecule has 1 heterocycles. The van der Waals surface area contributed by atoms with Crippen molar-refractivity contribution in [1.82, 2.24) is 0 Å². The Morgan fingerprint density at radius 2 is 2.00 bits per heavy atom. The lowest BCUT2D eigenvalue weighted by Crippen LogP contribution is -2.22. The fourth-order valence-corrected chi connectivity index (χ4v) is 2.95. The Hall–Kier alpha value is -2.46. The highest BCUT2D eigenvalue weighted by Gasteiger charge is 2.23. The normalized spacial score (nSPS) is 16.3. The van der Waals surface area contributed by atoms with Crippen LogP contribution in [0.15, 0.2) is 47.5 Å². The predicted octanol–water partition coefficient (Wildman–Crippen LogP) is 4.50. The summed E-state index contributed by atoms with van der Waals surface area (Å²) in [7, 11) is 0. The topological polar surface area (TPSA) is 50.7 Å². The summed E-state index contributed by atoms with van der Waals surface area (Å²) >= 11 is 0. The minimum Gasteiger partial charge on any atom is -0.363 e. The number of amides is 1. The van der Waals surface area contributed by atoms with E-state index in [4.69, 9.17) is 4.74 Å². The molecule has 0 fully saturated rings. The Kier molecular flexibility index (Phi) is 4.76. The van der Waals surface area contributed by atoms with Crippen LogP contribution in [0.3, 0.4) is 0 Å². The average molecular weight is 322 g/mol. The van der Waals surface area contributed by atoms with Gasteiger partial charge in [0.05, 0.1) is 11.8 Å². The zero-order valence-electron chi connectivity index (χ0n) is 14.3. The van der Waals surface area contributed by atoms with Gasteiger partial charge in [-0.2, -0.15) is 0 Å². The Balaban J connectivity index is 1.66. The van der Waals surface area contributed by atoms with Gasteiger partial charge in [-0.25, -0.2) is 0 Å². The summed E-state index contributed by atoms with van der Waals surface area (Å²) in [6.07, 6.45) is 0.592. The molecular formula is C20H22N2O2. The van der Waals surface area contributed by atoms with Gasteiger partial charge in [0.1, 0.15) is 6.61 Å². The number of nitrogens with zero attached hydrogens (tertiary/aromatic N) is 1. The molecule has 0 aromatic heterocycles. The summed E-state index contributed by atoms with van der Waals surface area (Å²) in [5.41, 5.74) is 6.10. The third-order valence-corrected chi connectivity index (χ3v) is 4.12. The highest BCUT2D eigenvalue weighted by Crippen LogP contribution is 2.37. The number of anilines is 1. The van der Waals surface area contributed by atoms with Crippen LogP contribution in [0.4, 0.5) is 11.4 Å². The monoisotopic (exact) mass is 322 g/mol. The molecule has 124 valence electrons. The zero-order chi connectivity index (χ0) is 17.1. The van der Waals surface area contributed by atoms with Crippen LogP contribution in [0.1, 0.15) is 36.1 Å². The van der Waals surface area contributed by atoms with E-state index in [1.165, 1.54) is 0 Å². The van der Waals surface area contributed by atoms with Gasteiger partial charge < -0.3 is 10.1 Å². The Bertz CT molecular complexity index is 796. The molecule has 0 aliphatic carbocycles. The van der Waals surface area contributed by atoms with Crippen molar-refractivity contribution in [2.45, 2.75) is 33.3 Å². The summed E-state index contributed by atoms with van der Waals surface area (Å²) in [6.45, 7) is 6.07. The maximum Gasteiger partial charge on any atom is 0.250 e. The van der Waals surface area contributed by atoms with Crippen LogP contribution in [0.5, 0.6) is 0 Å². The van der Waals surface area contributed by atoms with Gasteiger partial charge >= 0.3 is 0 Å². The van der Waals surface area contributed by atoms with E-state index in [0.29, 0.717) is 6.42 Å². The van der Waals surface area contributed by atoms with Gasteiger partial charge in [-0.1, -0.05) is 30.3 Å². The largest absolute Gasteiger partial charge is 0.363 e. The van der Waals surface area contributed by atoms with Gasteiger partial charge in [-0.15, -0.1) is 0 Å². The number of hydrogen-bond acceptors (Lipinski definition) is 3. The number of fused-ring (bicyclic) bond motifs is 1. The van der Waals surface area contributed by atoms with Gasteiger partial charge in [-0.05, 0) is 44.0 Å². The molecule has 1 amide bonds. The highest BCUT2D eigenvalue weighted by atomic mass is 16.5. The van der Waals surface area contributed by atoms with E-state index in [2.05, 4.69) is 10.3 Å². The van der Waals surface area contributed by atoms with E-state index in [1.54, 1.807) is 0 Å². The molecule has 0 radical (unpaired) electrons. The lowest BCUT2D eigenvalue weighted by Gasteiger charge is -2.24. The van der Waals surface area contributed by atoms with Gasteiger partial charge in [-0.3, -0.25) is 9.79 Å². The number of aryl methyl sites for hydroxylation is 2. The minimum absolute atomic E-state index is 0.0271. The van der Waals surface area contributed by atoms with Crippen molar-refractivity contribution < 1.29 is 9.53 Å². The highest BCUT2D eigenvalue weighted by molar-refractivity contribution is 5.92. The Morgan fingerprint density at radius 1 is 1.21 bits per heavy atom. The van der Waals surface area contributed by atoms with E-state index in [0.717, 1.165) is 33.8 Å². The first-order chi connectivity index (χ1) is 11.5. The molecule has 0 unspecified atom stereocenters. The first-order valence-electron chi connectivity index (χ1n) is 8.15. The molecule has 4 nitrogen and oxygen atoms in total. The summed E-state index contributed by atoms with van der Waals surface area (Å²) in [6, 6.07) is 13.8.